The summed E-state index contributed by atoms with van der Waals surface area (Å²) < 4.78 is 10.2. The Labute approximate surface area is 106 Å². The smallest absolute Gasteiger partial charge is 0.410 e. The SMILES string of the molecule is COC1CN(C(=O)OCc2ccccc2)CC1O. The molecule has 1 amide bonds. The van der Waals surface area contributed by atoms with Crippen molar-refractivity contribution < 1.29 is 19.4 Å². The maximum absolute atomic E-state index is 11.8. The van der Waals surface area contributed by atoms with Gasteiger partial charge in [-0.25, -0.2) is 4.79 Å². The van der Waals surface area contributed by atoms with Crippen LogP contribution in [0.5, 0.6) is 0 Å². The fourth-order valence-corrected chi connectivity index (χ4v) is 1.95. The van der Waals surface area contributed by atoms with Crippen LogP contribution in [-0.4, -0.2) is 48.5 Å². The Morgan fingerprint density at radius 2 is 2.11 bits per heavy atom. The summed E-state index contributed by atoms with van der Waals surface area (Å²) in [5, 5.41) is 9.62. The molecule has 0 aliphatic carbocycles. The van der Waals surface area contributed by atoms with Crippen molar-refractivity contribution in [3.63, 3.8) is 0 Å². The highest BCUT2D eigenvalue weighted by Gasteiger charge is 2.34. The molecule has 1 saturated heterocycles. The van der Waals surface area contributed by atoms with Crippen LogP contribution in [0.2, 0.25) is 0 Å². The van der Waals surface area contributed by atoms with Gasteiger partial charge in [0.25, 0.3) is 0 Å². The van der Waals surface area contributed by atoms with Crippen LogP contribution in [0, 0.1) is 0 Å². The average molecular weight is 251 g/mol. The van der Waals surface area contributed by atoms with Crippen molar-refractivity contribution >= 4 is 6.09 Å². The second-order valence-corrected chi connectivity index (χ2v) is 4.29. The number of methoxy groups -OCH3 is 1. The van der Waals surface area contributed by atoms with Crippen LogP contribution in [0.3, 0.4) is 0 Å². The normalized spacial score (nSPS) is 23.1. The first-order valence-electron chi connectivity index (χ1n) is 5.87. The van der Waals surface area contributed by atoms with Crippen LogP contribution >= 0.6 is 0 Å². The minimum Gasteiger partial charge on any atom is -0.445 e. The predicted octanol–water partition coefficient (Wildman–Crippen LogP) is 1.01. The lowest BCUT2D eigenvalue weighted by Gasteiger charge is -2.15. The van der Waals surface area contributed by atoms with Crippen LogP contribution in [0.4, 0.5) is 4.79 Å². The third kappa shape index (κ3) is 3.00. The molecule has 2 unspecified atom stereocenters. The molecule has 5 heteroatoms. The van der Waals surface area contributed by atoms with Crippen molar-refractivity contribution in [3.8, 4) is 0 Å². The van der Waals surface area contributed by atoms with Crippen LogP contribution in [-0.2, 0) is 16.1 Å². The van der Waals surface area contributed by atoms with Crippen molar-refractivity contribution in [3.05, 3.63) is 35.9 Å². The Kier molecular flexibility index (Phi) is 4.17. The number of carbonyl (C=O) groups is 1. The summed E-state index contributed by atoms with van der Waals surface area (Å²) in [7, 11) is 1.52. The lowest BCUT2D eigenvalue weighted by molar-refractivity contribution is 0.0214. The number of amides is 1. The summed E-state index contributed by atoms with van der Waals surface area (Å²) in [6.07, 6.45) is -1.38. The van der Waals surface area contributed by atoms with E-state index in [9.17, 15) is 9.90 Å². The van der Waals surface area contributed by atoms with Gasteiger partial charge in [-0.1, -0.05) is 30.3 Å². The van der Waals surface area contributed by atoms with Gasteiger partial charge in [0.15, 0.2) is 0 Å². The zero-order valence-electron chi connectivity index (χ0n) is 10.3. The van der Waals surface area contributed by atoms with Gasteiger partial charge in [-0.15, -0.1) is 0 Å². The molecule has 0 aromatic heterocycles. The molecule has 1 aliphatic heterocycles. The van der Waals surface area contributed by atoms with E-state index in [2.05, 4.69) is 0 Å². The zero-order valence-corrected chi connectivity index (χ0v) is 10.3. The minimum atomic E-state index is -0.640. The quantitative estimate of drug-likeness (QED) is 0.871. The van der Waals surface area contributed by atoms with Crippen molar-refractivity contribution in [2.24, 2.45) is 0 Å². The summed E-state index contributed by atoms with van der Waals surface area (Å²) in [5.41, 5.74) is 0.939. The Bertz CT molecular complexity index is 395. The number of rotatable bonds is 3. The molecule has 0 saturated carbocycles. The standard InChI is InChI=1S/C13H17NO4/c1-17-12-8-14(7-11(12)15)13(16)18-9-10-5-3-2-4-6-10/h2-6,11-12,15H,7-9H2,1H3. The molecule has 1 aliphatic rings. The first-order chi connectivity index (χ1) is 8.70. The van der Waals surface area contributed by atoms with E-state index in [1.165, 1.54) is 12.0 Å². The molecule has 18 heavy (non-hydrogen) atoms. The summed E-state index contributed by atoms with van der Waals surface area (Å²) in [6, 6.07) is 9.48. The highest BCUT2D eigenvalue weighted by Crippen LogP contribution is 2.14. The maximum Gasteiger partial charge on any atom is 0.410 e. The van der Waals surface area contributed by atoms with Crippen molar-refractivity contribution in [1.82, 2.24) is 4.90 Å². The van der Waals surface area contributed by atoms with Crippen molar-refractivity contribution in [2.75, 3.05) is 20.2 Å². The van der Waals surface area contributed by atoms with Gasteiger partial charge in [0.2, 0.25) is 0 Å². The van der Waals surface area contributed by atoms with E-state index < -0.39 is 12.2 Å². The lowest BCUT2D eigenvalue weighted by atomic mass is 10.2. The molecule has 1 N–H and O–H groups in total. The largest absolute Gasteiger partial charge is 0.445 e. The first kappa shape index (κ1) is 12.9. The molecule has 1 aromatic carbocycles. The summed E-state index contributed by atoms with van der Waals surface area (Å²) in [5.74, 6) is 0. The van der Waals surface area contributed by atoms with Gasteiger partial charge < -0.3 is 19.5 Å². The third-order valence-corrected chi connectivity index (χ3v) is 3.00. The highest BCUT2D eigenvalue weighted by molar-refractivity contribution is 5.68. The molecule has 98 valence electrons. The number of ether oxygens (including phenoxy) is 2. The molecule has 1 fully saturated rings. The first-order valence-corrected chi connectivity index (χ1v) is 5.87. The Balaban J connectivity index is 1.82. The number of hydrogen-bond donors (Lipinski definition) is 1. The topological polar surface area (TPSA) is 59.0 Å². The number of aliphatic hydroxyl groups excluding tert-OH is 1. The average Bonchev–Trinajstić information content (AvgIpc) is 2.78. The maximum atomic E-state index is 11.8. The molecule has 2 atom stereocenters. The second kappa shape index (κ2) is 5.84. The monoisotopic (exact) mass is 251 g/mol. The van der Waals surface area contributed by atoms with Gasteiger partial charge in [-0.05, 0) is 5.56 Å². The van der Waals surface area contributed by atoms with Crippen molar-refractivity contribution in [2.45, 2.75) is 18.8 Å². The molecule has 1 heterocycles. The van der Waals surface area contributed by atoms with Crippen LogP contribution in [0.15, 0.2) is 30.3 Å². The predicted molar refractivity (Wildman–Crippen MR) is 65.0 cm³/mol. The van der Waals surface area contributed by atoms with E-state index in [1.54, 1.807) is 0 Å². The van der Waals surface area contributed by atoms with E-state index in [4.69, 9.17) is 9.47 Å². The summed E-state index contributed by atoms with van der Waals surface area (Å²) in [4.78, 5) is 13.2. The van der Waals surface area contributed by atoms with Gasteiger partial charge in [0.1, 0.15) is 12.7 Å². The number of hydrogen-bond acceptors (Lipinski definition) is 4. The van der Waals surface area contributed by atoms with E-state index in [0.717, 1.165) is 5.56 Å². The van der Waals surface area contributed by atoms with E-state index in [0.29, 0.717) is 6.54 Å². The van der Waals surface area contributed by atoms with Gasteiger partial charge >= 0.3 is 6.09 Å². The molecule has 0 spiro atoms. The van der Waals surface area contributed by atoms with Crippen LogP contribution in [0.25, 0.3) is 0 Å². The molecular formula is C13H17NO4. The van der Waals surface area contributed by atoms with Gasteiger partial charge in [0, 0.05) is 7.11 Å². The highest BCUT2D eigenvalue weighted by atomic mass is 16.6. The van der Waals surface area contributed by atoms with Crippen molar-refractivity contribution in [1.29, 1.82) is 0 Å². The number of benzene rings is 1. The lowest BCUT2D eigenvalue weighted by Crippen LogP contribution is -2.30. The van der Waals surface area contributed by atoms with E-state index in [-0.39, 0.29) is 19.3 Å². The van der Waals surface area contributed by atoms with Gasteiger partial charge in [0.05, 0.1) is 19.2 Å². The van der Waals surface area contributed by atoms with E-state index in [1.807, 2.05) is 30.3 Å². The number of likely N-dealkylation sites (tertiary alicyclic amines) is 1. The van der Waals surface area contributed by atoms with Gasteiger partial charge in [-0.3, -0.25) is 0 Å². The number of aliphatic hydroxyl groups is 1. The fourth-order valence-electron chi connectivity index (χ4n) is 1.95. The Hall–Kier alpha value is -1.59. The van der Waals surface area contributed by atoms with Crippen LogP contribution in [0.1, 0.15) is 5.56 Å². The Morgan fingerprint density at radius 1 is 1.39 bits per heavy atom. The molecule has 1 aromatic rings. The number of nitrogens with zero attached hydrogens (tertiary/aromatic N) is 1. The van der Waals surface area contributed by atoms with Crippen LogP contribution < -0.4 is 0 Å². The molecule has 0 bridgehead atoms. The number of carbonyl (C=O) groups excluding carboxylic acids is 1. The molecular weight excluding hydrogens is 234 g/mol. The fraction of sp³-hybridized carbons (Fsp3) is 0.462. The zero-order chi connectivity index (χ0) is 13.0. The second-order valence-electron chi connectivity index (χ2n) is 4.29. The number of β-amino-alcohol motifs (C(OH)–C–C–N with tert-alkyl or cyclic N) is 1. The van der Waals surface area contributed by atoms with Gasteiger partial charge in [-0.2, -0.15) is 0 Å². The third-order valence-electron chi connectivity index (χ3n) is 3.00. The minimum absolute atomic E-state index is 0.240. The summed E-state index contributed by atoms with van der Waals surface area (Å²) in [6.45, 7) is 0.862. The Morgan fingerprint density at radius 3 is 2.72 bits per heavy atom. The van der Waals surface area contributed by atoms with E-state index >= 15 is 0 Å². The summed E-state index contributed by atoms with van der Waals surface area (Å²) >= 11 is 0. The molecule has 2 rings (SSSR count). The molecule has 5 nitrogen and oxygen atoms in total. The molecule has 0 radical (unpaired) electrons.